The molecule has 12 rings (SSSR count). The van der Waals surface area contributed by atoms with Gasteiger partial charge in [-0.2, -0.15) is 0 Å². The molecule has 8 aromatic carbocycles. The zero-order valence-electron chi connectivity index (χ0n) is 32.6. The lowest BCUT2D eigenvalue weighted by molar-refractivity contribution is 0.264. The molecule has 272 valence electrons. The SMILES string of the molecule is CC1(CC2(CC3(CC4(C)c5ccccc5-c5ccccc54)c4ccccc4-c4ccccc43)c3ccccc3-c3ccccc32)c2ccccc2-c2ccccc21. The second-order valence-corrected chi connectivity index (χ2v) is 17.7. The predicted molar refractivity (Wildman–Crippen MR) is 236 cm³/mol. The van der Waals surface area contributed by atoms with Gasteiger partial charge in [-0.1, -0.05) is 208 Å². The quantitative estimate of drug-likeness (QED) is 0.160. The Morgan fingerprint density at radius 3 is 0.632 bits per heavy atom. The number of rotatable bonds is 6. The van der Waals surface area contributed by atoms with Crippen molar-refractivity contribution in [3.8, 4) is 44.5 Å². The van der Waals surface area contributed by atoms with Gasteiger partial charge in [-0.3, -0.25) is 0 Å². The Bertz CT molecular complexity index is 2560. The molecular weight excluding hydrogens is 685 g/mol. The van der Waals surface area contributed by atoms with E-state index in [-0.39, 0.29) is 21.7 Å². The Labute approximate surface area is 336 Å². The molecule has 0 aliphatic heterocycles. The third kappa shape index (κ3) is 4.23. The fourth-order valence-corrected chi connectivity index (χ4v) is 12.9. The third-order valence-electron chi connectivity index (χ3n) is 14.9. The molecule has 0 heteroatoms. The van der Waals surface area contributed by atoms with Gasteiger partial charge in [-0.25, -0.2) is 0 Å². The van der Waals surface area contributed by atoms with Crippen molar-refractivity contribution in [1.29, 1.82) is 0 Å². The highest BCUT2D eigenvalue weighted by Crippen LogP contribution is 2.67. The predicted octanol–water partition coefficient (Wildman–Crippen LogP) is 14.1. The summed E-state index contributed by atoms with van der Waals surface area (Å²) < 4.78 is 0. The second-order valence-electron chi connectivity index (χ2n) is 17.7. The summed E-state index contributed by atoms with van der Waals surface area (Å²) in [6, 6.07) is 74.6. The highest BCUT2D eigenvalue weighted by molar-refractivity contribution is 5.87. The molecule has 0 aromatic heterocycles. The number of hydrogen-bond donors (Lipinski definition) is 0. The molecule has 4 aliphatic rings. The van der Waals surface area contributed by atoms with Crippen LogP contribution in [0, 0.1) is 0 Å². The minimum Gasteiger partial charge on any atom is -0.0619 e. The van der Waals surface area contributed by atoms with E-state index in [0.717, 1.165) is 19.3 Å². The number of benzene rings is 8. The molecule has 0 spiro atoms. The average Bonchev–Trinajstić information content (AvgIpc) is 3.88. The van der Waals surface area contributed by atoms with Crippen LogP contribution >= 0.6 is 0 Å². The minimum atomic E-state index is -0.328. The molecule has 8 aromatic rings. The molecule has 57 heavy (non-hydrogen) atoms. The second kappa shape index (κ2) is 11.7. The van der Waals surface area contributed by atoms with Gasteiger partial charge in [0, 0.05) is 21.7 Å². The summed E-state index contributed by atoms with van der Waals surface area (Å²) in [4.78, 5) is 0. The molecule has 4 aliphatic carbocycles. The zero-order chi connectivity index (χ0) is 38.0. The van der Waals surface area contributed by atoms with Gasteiger partial charge in [0.2, 0.25) is 0 Å². The third-order valence-corrected chi connectivity index (χ3v) is 14.9. The van der Waals surface area contributed by atoms with E-state index in [0.29, 0.717) is 0 Å². The van der Waals surface area contributed by atoms with E-state index in [1.165, 1.54) is 89.0 Å². The van der Waals surface area contributed by atoms with Crippen LogP contribution in [0.4, 0.5) is 0 Å². The van der Waals surface area contributed by atoms with E-state index in [1.54, 1.807) is 0 Å². The van der Waals surface area contributed by atoms with E-state index < -0.39 is 0 Å². The van der Waals surface area contributed by atoms with Gasteiger partial charge >= 0.3 is 0 Å². The van der Waals surface area contributed by atoms with Gasteiger partial charge < -0.3 is 0 Å². The molecule has 0 bridgehead atoms. The molecule has 0 nitrogen and oxygen atoms in total. The summed E-state index contributed by atoms with van der Waals surface area (Å²) in [7, 11) is 0. The first-order chi connectivity index (χ1) is 28.0. The monoisotopic (exact) mass is 728 g/mol. The van der Waals surface area contributed by atoms with E-state index in [4.69, 9.17) is 0 Å². The molecular formula is C57H44. The highest BCUT2D eigenvalue weighted by atomic mass is 14.6. The molecule has 0 fully saturated rings. The van der Waals surface area contributed by atoms with Crippen molar-refractivity contribution in [3.05, 3.63) is 239 Å². The Kier molecular flexibility index (Phi) is 6.74. The molecule has 0 saturated carbocycles. The Hall–Kier alpha value is -6.24. The summed E-state index contributed by atoms with van der Waals surface area (Å²) >= 11 is 0. The van der Waals surface area contributed by atoms with Gasteiger partial charge in [0.25, 0.3) is 0 Å². The average molecular weight is 729 g/mol. The van der Waals surface area contributed by atoms with E-state index in [9.17, 15) is 0 Å². The molecule has 0 N–H and O–H groups in total. The molecule has 0 radical (unpaired) electrons. The van der Waals surface area contributed by atoms with Crippen LogP contribution in [0.1, 0.15) is 77.6 Å². The minimum absolute atomic E-state index is 0.229. The van der Waals surface area contributed by atoms with Gasteiger partial charge in [0.1, 0.15) is 0 Å². The lowest BCUT2D eigenvalue weighted by atomic mass is 9.53. The van der Waals surface area contributed by atoms with Crippen molar-refractivity contribution >= 4 is 0 Å². The van der Waals surface area contributed by atoms with Crippen molar-refractivity contribution < 1.29 is 0 Å². The largest absolute Gasteiger partial charge is 0.0619 e. The lowest BCUT2D eigenvalue weighted by Gasteiger charge is -2.49. The summed E-state index contributed by atoms with van der Waals surface area (Å²) in [6.45, 7) is 5.11. The van der Waals surface area contributed by atoms with Crippen LogP contribution in [0.5, 0.6) is 0 Å². The molecule has 0 unspecified atom stereocenters. The molecule has 0 saturated heterocycles. The van der Waals surface area contributed by atoms with Gasteiger partial charge in [0.15, 0.2) is 0 Å². The van der Waals surface area contributed by atoms with Crippen molar-refractivity contribution in [2.75, 3.05) is 0 Å². The summed E-state index contributed by atoms with van der Waals surface area (Å²) in [5.41, 5.74) is 21.6. The number of fused-ring (bicyclic) bond motifs is 12. The maximum Gasteiger partial charge on any atom is 0.0238 e. The van der Waals surface area contributed by atoms with Gasteiger partial charge in [0.05, 0.1) is 0 Å². The van der Waals surface area contributed by atoms with Crippen LogP contribution in [0.3, 0.4) is 0 Å². The Balaban J connectivity index is 1.17. The van der Waals surface area contributed by atoms with Crippen LogP contribution in [-0.2, 0) is 21.7 Å². The van der Waals surface area contributed by atoms with Crippen LogP contribution in [0.15, 0.2) is 194 Å². The van der Waals surface area contributed by atoms with Gasteiger partial charge in [-0.05, 0) is 108 Å². The first kappa shape index (κ1) is 33.0. The van der Waals surface area contributed by atoms with Crippen molar-refractivity contribution in [1.82, 2.24) is 0 Å². The maximum atomic E-state index is 2.55. The molecule has 0 amide bonds. The fourth-order valence-electron chi connectivity index (χ4n) is 12.9. The van der Waals surface area contributed by atoms with Crippen LogP contribution in [0.25, 0.3) is 44.5 Å². The van der Waals surface area contributed by atoms with Gasteiger partial charge in [-0.15, -0.1) is 0 Å². The normalized spacial score (nSPS) is 17.0. The van der Waals surface area contributed by atoms with Crippen LogP contribution < -0.4 is 0 Å². The van der Waals surface area contributed by atoms with E-state index in [2.05, 4.69) is 208 Å². The molecule has 0 heterocycles. The Morgan fingerprint density at radius 2 is 0.404 bits per heavy atom. The van der Waals surface area contributed by atoms with E-state index in [1.807, 2.05) is 0 Å². The fraction of sp³-hybridized carbons (Fsp3) is 0.158. The van der Waals surface area contributed by atoms with Crippen LogP contribution in [-0.4, -0.2) is 0 Å². The standard InChI is InChI=1S/C57H44/c1-54(46-27-11-3-19-38(46)39-20-4-12-28-47(39)54)35-56(50-31-15-7-23-42(50)43-24-8-16-32-51(43)56)37-57(52-33-17-9-25-44(52)45-26-10-18-34-53(45)57)36-55(2)48-29-13-5-21-40(48)41-22-6-14-30-49(41)55/h3-34H,35-37H2,1-2H3. The first-order valence-corrected chi connectivity index (χ1v) is 20.7. The summed E-state index contributed by atoms with van der Waals surface area (Å²) in [6.07, 6.45) is 2.86. The zero-order valence-corrected chi connectivity index (χ0v) is 32.6. The van der Waals surface area contributed by atoms with E-state index >= 15 is 0 Å². The molecule has 0 atom stereocenters. The summed E-state index contributed by atoms with van der Waals surface area (Å²) in [5, 5.41) is 0. The maximum absolute atomic E-state index is 2.55. The topological polar surface area (TPSA) is 0 Å². The smallest absolute Gasteiger partial charge is 0.0238 e. The van der Waals surface area contributed by atoms with Crippen molar-refractivity contribution in [2.24, 2.45) is 0 Å². The number of hydrogen-bond acceptors (Lipinski definition) is 0. The Morgan fingerprint density at radius 1 is 0.228 bits per heavy atom. The lowest BCUT2D eigenvalue weighted by Crippen LogP contribution is -2.45. The van der Waals surface area contributed by atoms with Crippen molar-refractivity contribution in [3.63, 3.8) is 0 Å². The van der Waals surface area contributed by atoms with Crippen LogP contribution in [0.2, 0.25) is 0 Å². The first-order valence-electron chi connectivity index (χ1n) is 20.7. The van der Waals surface area contributed by atoms with Crippen molar-refractivity contribution in [2.45, 2.75) is 54.8 Å². The summed E-state index contributed by atoms with van der Waals surface area (Å²) in [5.74, 6) is 0. The highest BCUT2D eigenvalue weighted by Gasteiger charge is 2.58.